The molecule has 1 heterocycles. The molecule has 0 bridgehead atoms. The molecular weight excluding hydrogens is 321 g/mol. The van der Waals surface area contributed by atoms with Crippen molar-refractivity contribution in [1.29, 1.82) is 0 Å². The molecule has 0 aliphatic heterocycles. The first-order valence-corrected chi connectivity index (χ1v) is 7.75. The largest absolute Gasteiger partial charge is 0.340 e. The van der Waals surface area contributed by atoms with Crippen LogP contribution in [0.5, 0.6) is 0 Å². The van der Waals surface area contributed by atoms with Gasteiger partial charge in [0.05, 0.1) is 5.02 Å². The predicted molar refractivity (Wildman–Crippen MR) is 90.5 cm³/mol. The van der Waals surface area contributed by atoms with Gasteiger partial charge in [0.15, 0.2) is 0 Å². The average Bonchev–Trinajstić information content (AvgIpc) is 2.83. The van der Waals surface area contributed by atoms with Gasteiger partial charge in [0.2, 0.25) is 0 Å². The molecule has 0 fully saturated rings. The number of aromatic nitrogens is 1. The summed E-state index contributed by atoms with van der Waals surface area (Å²) in [7, 11) is 3.96. The van der Waals surface area contributed by atoms with Gasteiger partial charge in [-0.05, 0) is 25.7 Å². The number of halogens is 2. The second-order valence-electron chi connectivity index (χ2n) is 5.36. The molecule has 0 spiro atoms. The van der Waals surface area contributed by atoms with Crippen molar-refractivity contribution in [2.45, 2.75) is 6.54 Å². The molecular formula is C16H19Cl2N3O. The van der Waals surface area contributed by atoms with Crippen molar-refractivity contribution in [3.05, 3.63) is 57.8 Å². The number of benzene rings is 1. The fourth-order valence-electron chi connectivity index (χ4n) is 2.07. The SMILES string of the molecule is CN(C)CCN(Cc1ccccc1)C(=O)c1cc(Cl)c(Cl)[nH]1. The Labute approximate surface area is 140 Å². The molecule has 1 N–H and O–H groups in total. The van der Waals surface area contributed by atoms with E-state index in [4.69, 9.17) is 23.2 Å². The summed E-state index contributed by atoms with van der Waals surface area (Å²) in [5, 5.41) is 0.648. The van der Waals surface area contributed by atoms with Gasteiger partial charge in [0.1, 0.15) is 10.8 Å². The van der Waals surface area contributed by atoms with Crippen LogP contribution in [0.15, 0.2) is 36.4 Å². The second-order valence-corrected chi connectivity index (χ2v) is 6.15. The topological polar surface area (TPSA) is 39.3 Å². The zero-order valence-electron chi connectivity index (χ0n) is 12.6. The molecule has 118 valence electrons. The van der Waals surface area contributed by atoms with Crippen molar-refractivity contribution in [2.75, 3.05) is 27.2 Å². The summed E-state index contributed by atoms with van der Waals surface area (Å²) in [5.41, 5.74) is 1.49. The van der Waals surface area contributed by atoms with E-state index in [1.165, 1.54) is 0 Å². The van der Waals surface area contributed by atoms with Gasteiger partial charge in [-0.25, -0.2) is 0 Å². The maximum Gasteiger partial charge on any atom is 0.270 e. The van der Waals surface area contributed by atoms with Crippen molar-refractivity contribution >= 4 is 29.1 Å². The molecule has 1 amide bonds. The molecule has 0 unspecified atom stereocenters. The fourth-order valence-corrected chi connectivity index (χ4v) is 2.38. The lowest BCUT2D eigenvalue weighted by Gasteiger charge is -2.24. The molecule has 1 aromatic carbocycles. The molecule has 0 atom stereocenters. The fraction of sp³-hybridized carbons (Fsp3) is 0.312. The number of H-pyrrole nitrogens is 1. The Morgan fingerprint density at radius 2 is 1.82 bits per heavy atom. The first kappa shape index (κ1) is 16.9. The molecule has 4 nitrogen and oxygen atoms in total. The molecule has 0 radical (unpaired) electrons. The van der Waals surface area contributed by atoms with E-state index < -0.39 is 0 Å². The molecule has 0 aliphatic carbocycles. The molecule has 1 aromatic heterocycles. The number of rotatable bonds is 6. The molecule has 0 saturated heterocycles. The molecule has 0 saturated carbocycles. The zero-order chi connectivity index (χ0) is 16.1. The highest BCUT2D eigenvalue weighted by atomic mass is 35.5. The summed E-state index contributed by atoms with van der Waals surface area (Å²) in [5.74, 6) is -0.112. The highest BCUT2D eigenvalue weighted by Gasteiger charge is 2.19. The Morgan fingerprint density at radius 3 is 2.36 bits per heavy atom. The number of carbonyl (C=O) groups is 1. The zero-order valence-corrected chi connectivity index (χ0v) is 14.2. The molecule has 2 rings (SSSR count). The van der Waals surface area contributed by atoms with E-state index in [1.807, 2.05) is 49.3 Å². The summed E-state index contributed by atoms with van der Waals surface area (Å²) in [6, 6.07) is 11.5. The number of nitrogens with zero attached hydrogens (tertiary/aromatic N) is 2. The third-order valence-corrected chi connectivity index (χ3v) is 3.97. The number of hydrogen-bond acceptors (Lipinski definition) is 2. The van der Waals surface area contributed by atoms with Crippen LogP contribution >= 0.6 is 23.2 Å². The molecule has 2 aromatic rings. The minimum absolute atomic E-state index is 0.112. The lowest BCUT2D eigenvalue weighted by atomic mass is 10.2. The van der Waals surface area contributed by atoms with Gasteiger partial charge in [0.25, 0.3) is 5.91 Å². The number of hydrogen-bond donors (Lipinski definition) is 1. The lowest BCUT2D eigenvalue weighted by Crippen LogP contribution is -2.36. The Balaban J connectivity index is 2.17. The van der Waals surface area contributed by atoms with Crippen LogP contribution in [0.4, 0.5) is 0 Å². The normalized spacial score (nSPS) is 11.0. The van der Waals surface area contributed by atoms with Crippen LogP contribution in [-0.4, -0.2) is 47.9 Å². The predicted octanol–water partition coefficient (Wildman–Crippen LogP) is 3.53. The minimum atomic E-state index is -0.112. The van der Waals surface area contributed by atoms with Crippen molar-refractivity contribution in [3.63, 3.8) is 0 Å². The highest BCUT2D eigenvalue weighted by Crippen LogP contribution is 2.23. The monoisotopic (exact) mass is 339 g/mol. The number of nitrogens with one attached hydrogen (secondary N) is 1. The van der Waals surface area contributed by atoms with E-state index in [0.29, 0.717) is 23.8 Å². The number of carbonyl (C=O) groups excluding carboxylic acids is 1. The maximum absolute atomic E-state index is 12.7. The molecule has 0 aliphatic rings. The van der Waals surface area contributed by atoms with Gasteiger partial charge < -0.3 is 14.8 Å². The van der Waals surface area contributed by atoms with Crippen LogP contribution in [-0.2, 0) is 6.54 Å². The first-order valence-electron chi connectivity index (χ1n) is 6.99. The van der Waals surface area contributed by atoms with Crippen molar-refractivity contribution in [2.24, 2.45) is 0 Å². The summed E-state index contributed by atoms with van der Waals surface area (Å²) in [4.78, 5) is 19.3. The molecule has 22 heavy (non-hydrogen) atoms. The number of aromatic amines is 1. The highest BCUT2D eigenvalue weighted by molar-refractivity contribution is 6.41. The minimum Gasteiger partial charge on any atom is -0.340 e. The van der Waals surface area contributed by atoms with E-state index in [-0.39, 0.29) is 11.1 Å². The van der Waals surface area contributed by atoms with E-state index in [2.05, 4.69) is 4.98 Å². The first-order chi connectivity index (χ1) is 10.5. The third-order valence-electron chi connectivity index (χ3n) is 3.28. The van der Waals surface area contributed by atoms with Crippen LogP contribution in [0.25, 0.3) is 0 Å². The van der Waals surface area contributed by atoms with Gasteiger partial charge in [-0.15, -0.1) is 0 Å². The van der Waals surface area contributed by atoms with E-state index in [9.17, 15) is 4.79 Å². The Hall–Kier alpha value is -1.49. The second kappa shape index (κ2) is 7.68. The van der Waals surface area contributed by atoms with E-state index in [0.717, 1.165) is 12.1 Å². The van der Waals surface area contributed by atoms with Crippen LogP contribution in [0.1, 0.15) is 16.1 Å². The lowest BCUT2D eigenvalue weighted by molar-refractivity contribution is 0.0727. The molecule has 6 heteroatoms. The van der Waals surface area contributed by atoms with E-state index in [1.54, 1.807) is 11.0 Å². The third kappa shape index (κ3) is 4.50. The van der Waals surface area contributed by atoms with Crippen LogP contribution < -0.4 is 0 Å². The van der Waals surface area contributed by atoms with Crippen molar-refractivity contribution < 1.29 is 4.79 Å². The van der Waals surface area contributed by atoms with Crippen molar-refractivity contribution in [1.82, 2.24) is 14.8 Å². The van der Waals surface area contributed by atoms with Crippen LogP contribution in [0, 0.1) is 0 Å². The Kier molecular flexibility index (Phi) is 5.89. The maximum atomic E-state index is 12.7. The average molecular weight is 340 g/mol. The van der Waals surface area contributed by atoms with Gasteiger partial charge in [-0.3, -0.25) is 4.79 Å². The van der Waals surface area contributed by atoms with Gasteiger partial charge in [0, 0.05) is 19.6 Å². The van der Waals surface area contributed by atoms with E-state index >= 15 is 0 Å². The number of amides is 1. The standard InChI is InChI=1S/C16H19Cl2N3O/c1-20(2)8-9-21(11-12-6-4-3-5-7-12)16(22)14-10-13(17)15(18)19-14/h3-7,10,19H,8-9,11H2,1-2H3. The van der Waals surface area contributed by atoms with Gasteiger partial charge in [-0.1, -0.05) is 53.5 Å². The Bertz CT molecular complexity index is 606. The quantitative estimate of drug-likeness (QED) is 0.874. The number of likely N-dealkylation sites (N-methyl/N-ethyl adjacent to an activating group) is 1. The van der Waals surface area contributed by atoms with Crippen molar-refractivity contribution in [3.8, 4) is 0 Å². The summed E-state index contributed by atoms with van der Waals surface area (Å²) in [6.45, 7) is 1.94. The van der Waals surface area contributed by atoms with Gasteiger partial charge >= 0.3 is 0 Å². The summed E-state index contributed by atoms with van der Waals surface area (Å²) >= 11 is 11.8. The van der Waals surface area contributed by atoms with Crippen LogP contribution in [0.2, 0.25) is 10.2 Å². The van der Waals surface area contributed by atoms with Gasteiger partial charge in [-0.2, -0.15) is 0 Å². The Morgan fingerprint density at radius 1 is 1.14 bits per heavy atom. The smallest absolute Gasteiger partial charge is 0.270 e. The van der Waals surface area contributed by atoms with Crippen LogP contribution in [0.3, 0.4) is 0 Å². The summed E-state index contributed by atoms with van der Waals surface area (Å²) in [6.07, 6.45) is 0. The summed E-state index contributed by atoms with van der Waals surface area (Å²) < 4.78 is 0.